The second-order valence-electron chi connectivity index (χ2n) is 9.13. The number of carbonyl (C=O) groups excluding carboxylic acids is 4. The average molecular weight is 578 g/mol. The lowest BCUT2D eigenvalue weighted by molar-refractivity contribution is -0.129. The minimum absolute atomic E-state index is 0.0296. The third-order valence-corrected chi connectivity index (χ3v) is 8.45. The maximum absolute atomic E-state index is 13.2. The van der Waals surface area contributed by atoms with E-state index in [1.807, 2.05) is 48.5 Å². The lowest BCUT2D eigenvalue weighted by Crippen LogP contribution is -2.34. The van der Waals surface area contributed by atoms with E-state index in [9.17, 15) is 19.2 Å². The number of anilines is 2. The Hall–Kier alpha value is -3.89. The number of nitrogens with one attached hydrogen (secondary N) is 2. The average Bonchev–Trinajstić information content (AvgIpc) is 3.29. The van der Waals surface area contributed by atoms with Crippen LogP contribution in [0, 0.1) is 0 Å². The number of carbonyl (C=O) groups is 4. The van der Waals surface area contributed by atoms with Gasteiger partial charge in [0, 0.05) is 35.0 Å². The predicted molar refractivity (Wildman–Crippen MR) is 160 cm³/mol. The van der Waals surface area contributed by atoms with E-state index in [1.165, 1.54) is 36.1 Å². The SMILES string of the molecule is CCOC(=O)c1c(NC(=O)C(C)Sc2cccc(NC(=O)/C=C/c3ccccc3)c2)sc2c1CCN(C(C)=O)C2. The summed E-state index contributed by atoms with van der Waals surface area (Å²) in [5, 5.41) is 5.72. The molecule has 1 aromatic heterocycles. The summed E-state index contributed by atoms with van der Waals surface area (Å²) < 4.78 is 5.28. The van der Waals surface area contributed by atoms with Gasteiger partial charge >= 0.3 is 5.97 Å². The first-order valence-corrected chi connectivity index (χ1v) is 14.6. The molecule has 0 saturated heterocycles. The summed E-state index contributed by atoms with van der Waals surface area (Å²) in [6.07, 6.45) is 3.74. The van der Waals surface area contributed by atoms with Gasteiger partial charge in [0.2, 0.25) is 17.7 Å². The van der Waals surface area contributed by atoms with Gasteiger partial charge in [-0.2, -0.15) is 0 Å². The molecular formula is C30H31N3O5S2. The van der Waals surface area contributed by atoms with E-state index in [2.05, 4.69) is 10.6 Å². The van der Waals surface area contributed by atoms with Gasteiger partial charge in [-0.3, -0.25) is 14.4 Å². The predicted octanol–water partition coefficient (Wildman–Crippen LogP) is 5.60. The summed E-state index contributed by atoms with van der Waals surface area (Å²) in [7, 11) is 0. The number of esters is 1. The number of thiophene rings is 1. The number of ether oxygens (including phenoxy) is 1. The van der Waals surface area contributed by atoms with Gasteiger partial charge in [0.25, 0.3) is 0 Å². The van der Waals surface area contributed by atoms with Crippen molar-refractivity contribution in [3.63, 3.8) is 0 Å². The molecule has 0 aliphatic carbocycles. The summed E-state index contributed by atoms with van der Waals surface area (Å²) >= 11 is 2.65. The summed E-state index contributed by atoms with van der Waals surface area (Å²) in [5.74, 6) is -1.03. The summed E-state index contributed by atoms with van der Waals surface area (Å²) in [6, 6.07) is 16.8. The fraction of sp³-hybridized carbons (Fsp3) is 0.267. The number of fused-ring (bicyclic) bond motifs is 1. The molecule has 40 heavy (non-hydrogen) atoms. The Morgan fingerprint density at radius 1 is 1.10 bits per heavy atom. The Kier molecular flexibility index (Phi) is 9.79. The molecule has 1 atom stereocenters. The van der Waals surface area contributed by atoms with Crippen molar-refractivity contribution in [3.8, 4) is 0 Å². The Morgan fingerprint density at radius 2 is 1.88 bits per heavy atom. The third-order valence-electron chi connectivity index (χ3n) is 6.23. The van der Waals surface area contributed by atoms with Crippen LogP contribution in [0.3, 0.4) is 0 Å². The van der Waals surface area contributed by atoms with E-state index < -0.39 is 11.2 Å². The quantitative estimate of drug-likeness (QED) is 0.195. The molecule has 208 valence electrons. The van der Waals surface area contributed by atoms with Gasteiger partial charge in [0.1, 0.15) is 5.00 Å². The van der Waals surface area contributed by atoms with Crippen LogP contribution in [0.1, 0.15) is 47.1 Å². The van der Waals surface area contributed by atoms with Crippen LogP contribution < -0.4 is 10.6 Å². The van der Waals surface area contributed by atoms with Gasteiger partial charge in [-0.25, -0.2) is 4.79 Å². The van der Waals surface area contributed by atoms with E-state index in [4.69, 9.17) is 4.74 Å². The summed E-state index contributed by atoms with van der Waals surface area (Å²) in [6.45, 7) is 6.18. The summed E-state index contributed by atoms with van der Waals surface area (Å²) in [5.41, 5.74) is 2.76. The van der Waals surface area contributed by atoms with Crippen LogP contribution in [0.25, 0.3) is 6.08 Å². The number of benzene rings is 2. The van der Waals surface area contributed by atoms with E-state index in [0.717, 1.165) is 20.9 Å². The number of nitrogens with zero attached hydrogens (tertiary/aromatic N) is 1. The van der Waals surface area contributed by atoms with E-state index in [-0.39, 0.29) is 24.3 Å². The largest absolute Gasteiger partial charge is 0.462 e. The molecular weight excluding hydrogens is 546 g/mol. The minimum atomic E-state index is -0.494. The van der Waals surface area contributed by atoms with Crippen molar-refractivity contribution in [2.75, 3.05) is 23.8 Å². The van der Waals surface area contributed by atoms with Crippen LogP contribution in [-0.2, 0) is 32.1 Å². The van der Waals surface area contributed by atoms with Crippen molar-refractivity contribution < 1.29 is 23.9 Å². The number of hydrogen-bond donors (Lipinski definition) is 2. The molecule has 0 radical (unpaired) electrons. The molecule has 2 heterocycles. The van der Waals surface area contributed by atoms with Crippen LogP contribution >= 0.6 is 23.1 Å². The fourth-order valence-corrected chi connectivity index (χ4v) is 6.40. The Bertz CT molecular complexity index is 1430. The topological polar surface area (TPSA) is 105 Å². The smallest absolute Gasteiger partial charge is 0.341 e. The Morgan fingerprint density at radius 3 is 2.60 bits per heavy atom. The monoisotopic (exact) mass is 577 g/mol. The number of rotatable bonds is 9. The van der Waals surface area contributed by atoms with Crippen LogP contribution in [0.2, 0.25) is 0 Å². The number of amides is 3. The second kappa shape index (κ2) is 13.5. The fourth-order valence-electron chi connectivity index (χ4n) is 4.22. The second-order valence-corrected chi connectivity index (χ2v) is 11.6. The van der Waals surface area contributed by atoms with E-state index in [0.29, 0.717) is 35.8 Å². The molecule has 0 spiro atoms. The van der Waals surface area contributed by atoms with Gasteiger partial charge in [-0.05, 0) is 55.7 Å². The number of hydrogen-bond acceptors (Lipinski definition) is 7. The zero-order valence-corrected chi connectivity index (χ0v) is 24.2. The van der Waals surface area contributed by atoms with Crippen molar-refractivity contribution in [2.24, 2.45) is 0 Å². The maximum atomic E-state index is 13.2. The van der Waals surface area contributed by atoms with Crippen molar-refractivity contribution in [3.05, 3.63) is 82.2 Å². The van der Waals surface area contributed by atoms with Gasteiger partial charge in [0.15, 0.2) is 0 Å². The van der Waals surface area contributed by atoms with Crippen molar-refractivity contribution in [2.45, 2.75) is 43.9 Å². The molecule has 2 N–H and O–H groups in total. The first kappa shape index (κ1) is 29.1. The first-order valence-electron chi connectivity index (χ1n) is 12.9. The van der Waals surface area contributed by atoms with Crippen LogP contribution in [0.15, 0.2) is 65.6 Å². The van der Waals surface area contributed by atoms with Gasteiger partial charge in [0.05, 0.1) is 24.0 Å². The molecule has 1 aliphatic rings. The van der Waals surface area contributed by atoms with Gasteiger partial charge in [-0.1, -0.05) is 36.4 Å². The standard InChI is InChI=1S/C30H31N3O5S2/c1-4-38-30(37)27-24-15-16-33(20(3)34)18-25(24)40-29(27)32-28(36)19(2)39-23-12-8-11-22(17-23)31-26(35)14-13-21-9-6-5-7-10-21/h5-14,17,19H,4,15-16,18H2,1-3H3,(H,31,35)(H,32,36)/b14-13+. The Labute approximate surface area is 241 Å². The van der Waals surface area contributed by atoms with Crippen LogP contribution in [-0.4, -0.2) is 47.0 Å². The van der Waals surface area contributed by atoms with Gasteiger partial charge < -0.3 is 20.3 Å². The molecule has 8 nitrogen and oxygen atoms in total. The molecule has 4 rings (SSSR count). The highest BCUT2D eigenvalue weighted by atomic mass is 32.2. The van der Waals surface area contributed by atoms with Crippen LogP contribution in [0.4, 0.5) is 10.7 Å². The summed E-state index contributed by atoms with van der Waals surface area (Å²) in [4.78, 5) is 53.7. The Balaban J connectivity index is 1.42. The molecule has 1 unspecified atom stereocenters. The molecule has 3 aromatic rings. The van der Waals surface area contributed by atoms with Crippen LogP contribution in [0.5, 0.6) is 0 Å². The lowest BCUT2D eigenvalue weighted by atomic mass is 10.0. The molecule has 0 fully saturated rings. The van der Waals surface area contributed by atoms with Crippen molar-refractivity contribution in [1.29, 1.82) is 0 Å². The minimum Gasteiger partial charge on any atom is -0.462 e. The zero-order valence-electron chi connectivity index (χ0n) is 22.6. The molecule has 10 heteroatoms. The van der Waals surface area contributed by atoms with E-state index >= 15 is 0 Å². The van der Waals surface area contributed by atoms with Crippen molar-refractivity contribution in [1.82, 2.24) is 4.90 Å². The molecule has 3 amide bonds. The normalized spacial score (nSPS) is 13.4. The lowest BCUT2D eigenvalue weighted by Gasteiger charge is -2.25. The highest BCUT2D eigenvalue weighted by molar-refractivity contribution is 8.00. The molecule has 1 aliphatic heterocycles. The first-order chi connectivity index (χ1) is 19.2. The molecule has 0 saturated carbocycles. The number of thioether (sulfide) groups is 1. The highest BCUT2D eigenvalue weighted by Gasteiger charge is 2.31. The zero-order chi connectivity index (χ0) is 28.6. The van der Waals surface area contributed by atoms with Gasteiger partial charge in [-0.15, -0.1) is 23.1 Å². The van der Waals surface area contributed by atoms with Crippen molar-refractivity contribution >= 4 is 63.6 Å². The maximum Gasteiger partial charge on any atom is 0.341 e. The third kappa shape index (κ3) is 7.40. The highest BCUT2D eigenvalue weighted by Crippen LogP contribution is 2.38. The van der Waals surface area contributed by atoms with E-state index in [1.54, 1.807) is 30.9 Å². The molecule has 2 aromatic carbocycles. The molecule has 0 bridgehead atoms.